The van der Waals surface area contributed by atoms with Gasteiger partial charge >= 0.3 is 0 Å². The van der Waals surface area contributed by atoms with Crippen LogP contribution in [0.25, 0.3) is 16.6 Å². The number of carbonyl (C=O) groups excluding carboxylic acids is 1. The Morgan fingerprint density at radius 3 is 2.96 bits per heavy atom. The molecule has 2 aromatic heterocycles. The standard InChI is InChI=1S/C18H13N3OS3/c1-11-3-2-4-13(7-11)20-18-21-16(22)15(25-18)8-14-10-24-17(19-14)12-5-6-23-9-12/h2-10H,1H3,(H,20,21,22)/b15-8-. The summed E-state index contributed by atoms with van der Waals surface area (Å²) in [7, 11) is 0. The average Bonchev–Trinajstić information content (AvgIpc) is 3.30. The van der Waals surface area contributed by atoms with Gasteiger partial charge in [-0.1, -0.05) is 12.1 Å². The highest BCUT2D eigenvalue weighted by molar-refractivity contribution is 8.18. The summed E-state index contributed by atoms with van der Waals surface area (Å²) in [6.45, 7) is 2.02. The van der Waals surface area contributed by atoms with Crippen LogP contribution in [0, 0.1) is 6.92 Å². The molecule has 4 rings (SSSR count). The summed E-state index contributed by atoms with van der Waals surface area (Å²) in [5.74, 6) is -0.138. The predicted octanol–water partition coefficient (Wildman–Crippen LogP) is 5.07. The summed E-state index contributed by atoms with van der Waals surface area (Å²) in [4.78, 5) is 21.9. The van der Waals surface area contributed by atoms with E-state index in [0.717, 1.165) is 27.5 Å². The molecule has 1 fully saturated rings. The lowest BCUT2D eigenvalue weighted by Gasteiger charge is -1.97. The van der Waals surface area contributed by atoms with Gasteiger partial charge in [0.05, 0.1) is 16.3 Å². The van der Waals surface area contributed by atoms with Crippen molar-refractivity contribution in [2.45, 2.75) is 6.92 Å². The van der Waals surface area contributed by atoms with E-state index >= 15 is 0 Å². The Balaban J connectivity index is 1.55. The fraction of sp³-hybridized carbons (Fsp3) is 0.0556. The summed E-state index contributed by atoms with van der Waals surface area (Å²) >= 11 is 4.56. The molecule has 3 heterocycles. The molecule has 7 heteroatoms. The number of hydrogen-bond donors (Lipinski definition) is 1. The monoisotopic (exact) mass is 383 g/mol. The normalized spacial score (nSPS) is 17.4. The molecule has 1 amide bonds. The molecule has 0 bridgehead atoms. The maximum atomic E-state index is 12.2. The molecule has 0 radical (unpaired) electrons. The largest absolute Gasteiger partial charge is 0.300 e. The Morgan fingerprint density at radius 1 is 1.24 bits per heavy atom. The molecule has 1 aliphatic heterocycles. The lowest BCUT2D eigenvalue weighted by Crippen LogP contribution is -2.19. The molecule has 4 nitrogen and oxygen atoms in total. The zero-order valence-electron chi connectivity index (χ0n) is 13.2. The van der Waals surface area contributed by atoms with E-state index in [-0.39, 0.29) is 5.91 Å². The Labute approximate surface area is 157 Å². The van der Waals surface area contributed by atoms with Gasteiger partial charge < -0.3 is 5.32 Å². The number of thiophene rings is 1. The third-order valence-electron chi connectivity index (χ3n) is 3.45. The first-order valence-corrected chi connectivity index (χ1v) is 10.2. The van der Waals surface area contributed by atoms with Crippen LogP contribution in [0.4, 0.5) is 5.69 Å². The number of hydrogen-bond acceptors (Lipinski definition) is 6. The van der Waals surface area contributed by atoms with Gasteiger partial charge in [0, 0.05) is 16.3 Å². The molecule has 0 saturated carbocycles. The van der Waals surface area contributed by atoms with Crippen molar-refractivity contribution in [1.82, 2.24) is 10.3 Å². The highest BCUT2D eigenvalue weighted by Gasteiger charge is 2.24. The maximum Gasteiger partial charge on any atom is 0.264 e. The van der Waals surface area contributed by atoms with Gasteiger partial charge in [-0.15, -0.1) is 11.3 Å². The van der Waals surface area contributed by atoms with E-state index in [0.29, 0.717) is 10.1 Å². The number of aromatic nitrogens is 1. The number of aryl methyl sites for hydroxylation is 1. The highest BCUT2D eigenvalue weighted by atomic mass is 32.2. The SMILES string of the molecule is Cc1cccc(N=C2NC(=O)/C(=C/c3csc(-c4ccsc4)n3)S2)c1. The molecule has 25 heavy (non-hydrogen) atoms. The summed E-state index contributed by atoms with van der Waals surface area (Å²) in [6.07, 6.45) is 1.81. The second-order valence-corrected chi connectivity index (χ2v) is 8.08. The number of nitrogens with one attached hydrogen (secondary N) is 1. The van der Waals surface area contributed by atoms with Crippen molar-refractivity contribution >= 4 is 57.3 Å². The number of amides is 1. The Bertz CT molecular complexity index is 987. The van der Waals surface area contributed by atoms with Crippen molar-refractivity contribution < 1.29 is 4.79 Å². The smallest absolute Gasteiger partial charge is 0.264 e. The quantitative estimate of drug-likeness (QED) is 0.642. The Kier molecular flexibility index (Phi) is 4.52. The molecular weight excluding hydrogens is 370 g/mol. The number of amidine groups is 1. The van der Waals surface area contributed by atoms with E-state index in [9.17, 15) is 4.79 Å². The minimum absolute atomic E-state index is 0.138. The number of aliphatic imine (C=N–C) groups is 1. The first-order valence-electron chi connectivity index (χ1n) is 7.52. The van der Waals surface area contributed by atoms with Crippen LogP contribution < -0.4 is 5.32 Å². The van der Waals surface area contributed by atoms with Crippen molar-refractivity contribution in [2.75, 3.05) is 0 Å². The van der Waals surface area contributed by atoms with Crippen molar-refractivity contribution in [2.24, 2.45) is 4.99 Å². The number of thiazole rings is 1. The fourth-order valence-corrected chi connectivity index (χ4v) is 4.62. The van der Waals surface area contributed by atoms with E-state index in [1.807, 2.05) is 54.1 Å². The number of nitrogens with zero attached hydrogens (tertiary/aromatic N) is 2. The molecule has 124 valence electrons. The molecule has 0 aliphatic carbocycles. The van der Waals surface area contributed by atoms with E-state index in [4.69, 9.17) is 0 Å². The zero-order valence-corrected chi connectivity index (χ0v) is 15.7. The van der Waals surface area contributed by atoms with Gasteiger partial charge in [0.1, 0.15) is 5.01 Å². The van der Waals surface area contributed by atoms with E-state index in [1.165, 1.54) is 11.8 Å². The van der Waals surface area contributed by atoms with Crippen LogP contribution >= 0.6 is 34.4 Å². The summed E-state index contributed by atoms with van der Waals surface area (Å²) in [6, 6.07) is 9.91. The van der Waals surface area contributed by atoms with Gasteiger partial charge in [-0.2, -0.15) is 11.3 Å². The van der Waals surface area contributed by atoms with Crippen LogP contribution in [0.15, 0.2) is 56.4 Å². The van der Waals surface area contributed by atoms with E-state index in [2.05, 4.69) is 20.7 Å². The van der Waals surface area contributed by atoms with Crippen LogP contribution in [-0.2, 0) is 4.79 Å². The second-order valence-electron chi connectivity index (χ2n) is 5.41. The maximum absolute atomic E-state index is 12.2. The first kappa shape index (κ1) is 16.3. The van der Waals surface area contributed by atoms with Crippen LogP contribution in [-0.4, -0.2) is 16.1 Å². The molecule has 3 aromatic rings. The van der Waals surface area contributed by atoms with Crippen molar-refractivity contribution in [3.05, 3.63) is 62.6 Å². The zero-order chi connectivity index (χ0) is 17.2. The number of carbonyl (C=O) groups is 1. The van der Waals surface area contributed by atoms with Gasteiger partial charge in [0.25, 0.3) is 5.91 Å². The van der Waals surface area contributed by atoms with Crippen LogP contribution in [0.5, 0.6) is 0 Å². The molecule has 1 aliphatic rings. The van der Waals surface area contributed by atoms with Gasteiger partial charge in [-0.05, 0) is 53.9 Å². The third-order valence-corrected chi connectivity index (χ3v) is 5.95. The van der Waals surface area contributed by atoms with Crippen LogP contribution in [0.1, 0.15) is 11.3 Å². The molecule has 0 unspecified atom stereocenters. The lowest BCUT2D eigenvalue weighted by molar-refractivity contribution is -0.115. The number of thioether (sulfide) groups is 1. The number of benzene rings is 1. The molecule has 0 spiro atoms. The van der Waals surface area contributed by atoms with Gasteiger partial charge in [-0.3, -0.25) is 4.79 Å². The highest BCUT2D eigenvalue weighted by Crippen LogP contribution is 2.30. The minimum atomic E-state index is -0.138. The molecule has 1 saturated heterocycles. The fourth-order valence-electron chi connectivity index (χ4n) is 2.30. The molecule has 1 N–H and O–H groups in total. The summed E-state index contributed by atoms with van der Waals surface area (Å²) in [5, 5.41) is 10.4. The van der Waals surface area contributed by atoms with E-state index < -0.39 is 0 Å². The topological polar surface area (TPSA) is 54.4 Å². The van der Waals surface area contributed by atoms with Crippen molar-refractivity contribution in [1.29, 1.82) is 0 Å². The minimum Gasteiger partial charge on any atom is -0.300 e. The van der Waals surface area contributed by atoms with Gasteiger partial charge in [0.2, 0.25) is 0 Å². The Morgan fingerprint density at radius 2 is 2.16 bits per heavy atom. The molecule has 1 aromatic carbocycles. The number of rotatable bonds is 3. The van der Waals surface area contributed by atoms with Crippen molar-refractivity contribution in [3.63, 3.8) is 0 Å². The average molecular weight is 384 g/mol. The second kappa shape index (κ2) is 6.95. The van der Waals surface area contributed by atoms with Crippen molar-refractivity contribution in [3.8, 4) is 10.6 Å². The third kappa shape index (κ3) is 3.73. The van der Waals surface area contributed by atoms with E-state index in [1.54, 1.807) is 22.7 Å². The Hall–Kier alpha value is -2.22. The molecule has 0 atom stereocenters. The predicted molar refractivity (Wildman–Crippen MR) is 107 cm³/mol. The van der Waals surface area contributed by atoms with Gasteiger partial charge in [0.15, 0.2) is 5.17 Å². The molecular formula is C18H13N3OS3. The first-order chi connectivity index (χ1) is 12.2. The van der Waals surface area contributed by atoms with Crippen LogP contribution in [0.2, 0.25) is 0 Å². The van der Waals surface area contributed by atoms with Crippen LogP contribution in [0.3, 0.4) is 0 Å². The van der Waals surface area contributed by atoms with Gasteiger partial charge in [-0.25, -0.2) is 9.98 Å². The summed E-state index contributed by atoms with van der Waals surface area (Å²) in [5.41, 5.74) is 3.87. The lowest BCUT2D eigenvalue weighted by atomic mass is 10.2. The summed E-state index contributed by atoms with van der Waals surface area (Å²) < 4.78 is 0.